The van der Waals surface area contributed by atoms with Crippen molar-refractivity contribution in [2.24, 2.45) is 0 Å². The van der Waals surface area contributed by atoms with Crippen LogP contribution in [0.5, 0.6) is 0 Å². The number of rotatable bonds is 0. The smallest absolute Gasteiger partial charge is 0.0638 e. The number of nitrogens with zero attached hydrogens (tertiary/aromatic N) is 2. The number of halogens is 1. The van der Waals surface area contributed by atoms with Crippen molar-refractivity contribution in [1.82, 2.24) is 0 Å². The van der Waals surface area contributed by atoms with Gasteiger partial charge < -0.3 is 5.73 Å². The first-order valence-corrected chi connectivity index (χ1v) is 3.30. The summed E-state index contributed by atoms with van der Waals surface area (Å²) in [6, 6.07) is 5.60. The van der Waals surface area contributed by atoms with Gasteiger partial charge in [0.25, 0.3) is 0 Å². The van der Waals surface area contributed by atoms with Crippen molar-refractivity contribution in [3.63, 3.8) is 0 Å². The Balaban J connectivity index is 0.000000461. The van der Waals surface area contributed by atoms with Gasteiger partial charge in [-0.3, -0.25) is 0 Å². The largest absolute Gasteiger partial charge is 0.397 e. The molecule has 11 heavy (non-hydrogen) atoms. The second kappa shape index (κ2) is 4.53. The summed E-state index contributed by atoms with van der Waals surface area (Å²) in [4.78, 5) is 0. The van der Waals surface area contributed by atoms with Crippen molar-refractivity contribution in [2.75, 3.05) is 5.73 Å². The SMILES string of the molecule is Cc1cccc(Cl)c1N.N#N. The van der Waals surface area contributed by atoms with E-state index >= 15 is 0 Å². The second-order valence-electron chi connectivity index (χ2n) is 1.97. The predicted octanol–water partition coefficient (Wildman–Crippen LogP) is 2.26. The standard InChI is InChI=1S/C7H8ClN.N2/c1-5-3-2-4-6(8)7(5)9;1-2/h2-4H,9H2,1H3;. The van der Waals surface area contributed by atoms with Gasteiger partial charge in [-0.05, 0) is 18.6 Å². The van der Waals surface area contributed by atoms with Gasteiger partial charge in [0.2, 0.25) is 0 Å². The van der Waals surface area contributed by atoms with Gasteiger partial charge in [0.05, 0.1) is 10.7 Å². The average Bonchev–Trinajstić information content (AvgIpc) is 2.04. The van der Waals surface area contributed by atoms with Crippen molar-refractivity contribution in [2.45, 2.75) is 6.92 Å². The summed E-state index contributed by atoms with van der Waals surface area (Å²) in [7, 11) is 0. The molecule has 0 aliphatic carbocycles. The fourth-order valence-electron chi connectivity index (χ4n) is 0.645. The Morgan fingerprint density at radius 1 is 1.36 bits per heavy atom. The first-order valence-electron chi connectivity index (χ1n) is 2.92. The molecule has 1 aromatic carbocycles. The maximum Gasteiger partial charge on any atom is 0.0638 e. The molecule has 0 saturated heterocycles. The van der Waals surface area contributed by atoms with Gasteiger partial charge in [-0.15, -0.1) is 0 Å². The molecule has 0 fully saturated rings. The summed E-state index contributed by atoms with van der Waals surface area (Å²) < 4.78 is 0. The highest BCUT2D eigenvalue weighted by molar-refractivity contribution is 6.33. The molecule has 0 atom stereocenters. The number of hydrogen-bond acceptors (Lipinski definition) is 3. The normalized spacial score (nSPS) is 8.00. The number of para-hydroxylation sites is 1. The number of anilines is 1. The van der Waals surface area contributed by atoms with Gasteiger partial charge in [0.15, 0.2) is 0 Å². The third-order valence-electron chi connectivity index (χ3n) is 1.27. The highest BCUT2D eigenvalue weighted by Crippen LogP contribution is 2.20. The molecular formula is C7H8ClN3. The summed E-state index contributed by atoms with van der Waals surface area (Å²) in [5.74, 6) is 0. The van der Waals surface area contributed by atoms with Gasteiger partial charge >= 0.3 is 0 Å². The van der Waals surface area contributed by atoms with Crippen LogP contribution in [0, 0.1) is 17.7 Å². The molecule has 0 bridgehead atoms. The Labute approximate surface area is 70.2 Å². The predicted molar refractivity (Wildman–Crippen MR) is 44.1 cm³/mol. The van der Waals surface area contributed by atoms with E-state index in [0.29, 0.717) is 10.7 Å². The summed E-state index contributed by atoms with van der Waals surface area (Å²) >= 11 is 5.69. The first-order chi connectivity index (χ1) is 5.22. The second-order valence-corrected chi connectivity index (χ2v) is 2.38. The third kappa shape index (κ3) is 2.44. The molecule has 0 heterocycles. The highest BCUT2D eigenvalue weighted by atomic mass is 35.5. The topological polar surface area (TPSA) is 73.6 Å². The van der Waals surface area contributed by atoms with Crippen LogP contribution in [0.4, 0.5) is 5.69 Å². The van der Waals surface area contributed by atoms with E-state index in [2.05, 4.69) is 0 Å². The van der Waals surface area contributed by atoms with E-state index in [1.165, 1.54) is 0 Å². The van der Waals surface area contributed by atoms with E-state index in [9.17, 15) is 0 Å². The van der Waals surface area contributed by atoms with Crippen LogP contribution in [0.1, 0.15) is 5.56 Å². The molecule has 4 heteroatoms. The number of nitrogen functional groups attached to an aromatic ring is 1. The van der Waals surface area contributed by atoms with Crippen molar-refractivity contribution < 1.29 is 0 Å². The first kappa shape index (κ1) is 9.73. The van der Waals surface area contributed by atoms with Crippen LogP contribution in [-0.2, 0) is 0 Å². The zero-order valence-electron chi connectivity index (χ0n) is 6.08. The lowest BCUT2D eigenvalue weighted by molar-refractivity contribution is 1.15. The number of benzene rings is 1. The zero-order chi connectivity index (χ0) is 8.85. The van der Waals surface area contributed by atoms with E-state index in [0.717, 1.165) is 5.56 Å². The van der Waals surface area contributed by atoms with Crippen LogP contribution < -0.4 is 5.73 Å². The fraction of sp³-hybridized carbons (Fsp3) is 0.143. The van der Waals surface area contributed by atoms with Crippen molar-refractivity contribution in [3.05, 3.63) is 28.8 Å². The van der Waals surface area contributed by atoms with Crippen molar-refractivity contribution in [3.8, 4) is 0 Å². The molecule has 0 aliphatic heterocycles. The minimum absolute atomic E-state index is 0.634. The Bertz CT molecular complexity index is 237. The van der Waals surface area contributed by atoms with Gasteiger partial charge in [0, 0.05) is 10.8 Å². The van der Waals surface area contributed by atoms with Crippen LogP contribution in [0.25, 0.3) is 0 Å². The lowest BCUT2D eigenvalue weighted by Crippen LogP contribution is -1.88. The summed E-state index contributed by atoms with van der Waals surface area (Å²) in [6.07, 6.45) is 0. The molecule has 0 aromatic heterocycles. The molecule has 0 aliphatic rings. The van der Waals surface area contributed by atoms with Crippen molar-refractivity contribution >= 4 is 17.3 Å². The quantitative estimate of drug-likeness (QED) is 0.478. The zero-order valence-corrected chi connectivity index (χ0v) is 6.84. The number of aryl methyl sites for hydroxylation is 1. The van der Waals surface area contributed by atoms with Crippen LogP contribution in [0.3, 0.4) is 0 Å². The Morgan fingerprint density at radius 2 is 1.91 bits per heavy atom. The maximum atomic E-state index is 6.00. The molecule has 0 saturated carbocycles. The van der Waals surface area contributed by atoms with Crippen LogP contribution in [0.15, 0.2) is 18.2 Å². The molecule has 1 rings (SSSR count). The summed E-state index contributed by atoms with van der Waals surface area (Å²) in [5.41, 5.74) is 7.26. The lowest BCUT2D eigenvalue weighted by atomic mass is 10.2. The monoisotopic (exact) mass is 169 g/mol. The van der Waals surface area contributed by atoms with Gasteiger partial charge in [-0.25, -0.2) is 0 Å². The lowest BCUT2D eigenvalue weighted by Gasteiger charge is -1.98. The van der Waals surface area contributed by atoms with E-state index in [1.807, 2.05) is 19.1 Å². The summed E-state index contributed by atoms with van der Waals surface area (Å²) in [6.45, 7) is 1.93. The minimum atomic E-state index is 0.634. The van der Waals surface area contributed by atoms with E-state index in [4.69, 9.17) is 28.1 Å². The molecule has 58 valence electrons. The van der Waals surface area contributed by atoms with E-state index in [-0.39, 0.29) is 0 Å². The molecule has 0 radical (unpaired) electrons. The molecule has 0 unspecified atom stereocenters. The van der Waals surface area contributed by atoms with Gasteiger partial charge in [0.1, 0.15) is 0 Å². The molecule has 0 amide bonds. The molecule has 1 aromatic rings. The van der Waals surface area contributed by atoms with E-state index < -0.39 is 0 Å². The third-order valence-corrected chi connectivity index (χ3v) is 1.60. The maximum absolute atomic E-state index is 6.00. The summed E-state index contributed by atoms with van der Waals surface area (Å²) in [5, 5.41) is 12.6. The number of nitrogens with two attached hydrogens (primary N) is 1. The highest BCUT2D eigenvalue weighted by Gasteiger charge is 1.94. The Kier molecular flexibility index (Phi) is 4.01. The van der Waals surface area contributed by atoms with Crippen LogP contribution in [0.2, 0.25) is 5.02 Å². The Morgan fingerprint density at radius 3 is 2.27 bits per heavy atom. The molecule has 2 N–H and O–H groups in total. The van der Waals surface area contributed by atoms with Crippen LogP contribution in [-0.4, -0.2) is 0 Å². The average molecular weight is 170 g/mol. The Hall–Kier alpha value is -1.27. The van der Waals surface area contributed by atoms with Gasteiger partial charge in [-0.1, -0.05) is 23.7 Å². The molecule has 0 spiro atoms. The minimum Gasteiger partial charge on any atom is -0.397 e. The van der Waals surface area contributed by atoms with Gasteiger partial charge in [-0.2, -0.15) is 0 Å². The van der Waals surface area contributed by atoms with Crippen molar-refractivity contribution in [1.29, 1.82) is 10.8 Å². The van der Waals surface area contributed by atoms with E-state index in [1.54, 1.807) is 6.07 Å². The van der Waals surface area contributed by atoms with Crippen LogP contribution >= 0.6 is 11.6 Å². The number of hydrogen-bond donors (Lipinski definition) is 1. The fourth-order valence-corrected chi connectivity index (χ4v) is 0.867. The molecular weight excluding hydrogens is 162 g/mol. The molecule has 3 nitrogen and oxygen atoms in total.